The molecule has 0 unspecified atom stereocenters. The number of allylic oxidation sites excluding steroid dienone is 2. The first kappa shape index (κ1) is 16.0. The highest BCUT2D eigenvalue weighted by molar-refractivity contribution is 8.07. The van der Waals surface area contributed by atoms with E-state index < -0.39 is 5.97 Å². The summed E-state index contributed by atoms with van der Waals surface area (Å²) in [4.78, 5) is 20.2. The predicted molar refractivity (Wildman–Crippen MR) is 98.2 cm³/mol. The number of carboxylic acid groups (broad SMARTS) is 1. The van der Waals surface area contributed by atoms with Crippen molar-refractivity contribution in [1.29, 1.82) is 0 Å². The van der Waals surface area contributed by atoms with Gasteiger partial charge in [0.05, 0.1) is 16.2 Å². The number of carbonyl (C=O) groups is 1. The van der Waals surface area contributed by atoms with Crippen LogP contribution in [0.2, 0.25) is 0 Å². The normalized spacial score (nSPS) is 17.4. The Morgan fingerprint density at radius 2 is 2.17 bits per heavy atom. The zero-order chi connectivity index (χ0) is 16.9. The van der Waals surface area contributed by atoms with Crippen molar-refractivity contribution in [2.24, 2.45) is 9.98 Å². The van der Waals surface area contributed by atoms with Gasteiger partial charge in [0.2, 0.25) is 0 Å². The lowest BCUT2D eigenvalue weighted by Gasteiger charge is -2.06. The zero-order valence-electron chi connectivity index (χ0n) is 12.8. The average molecular weight is 338 g/mol. The molecule has 2 aromatic carbocycles. The van der Waals surface area contributed by atoms with E-state index in [0.717, 1.165) is 16.0 Å². The summed E-state index contributed by atoms with van der Waals surface area (Å²) in [5, 5.41) is 12.7. The van der Waals surface area contributed by atoms with Gasteiger partial charge in [0, 0.05) is 7.05 Å². The Morgan fingerprint density at radius 1 is 1.29 bits per heavy atom. The van der Waals surface area contributed by atoms with Gasteiger partial charge in [0.15, 0.2) is 0 Å². The van der Waals surface area contributed by atoms with Gasteiger partial charge in [-0.1, -0.05) is 23.9 Å². The summed E-state index contributed by atoms with van der Waals surface area (Å²) in [7, 11) is 1.66. The highest BCUT2D eigenvalue weighted by atomic mass is 32.2. The lowest BCUT2D eigenvalue weighted by atomic mass is 10.0. The van der Waals surface area contributed by atoms with Crippen molar-refractivity contribution in [2.75, 3.05) is 7.05 Å². The summed E-state index contributed by atoms with van der Waals surface area (Å²) in [5.41, 5.74) is 1.07. The summed E-state index contributed by atoms with van der Waals surface area (Å²) in [6.07, 6.45) is 5.01. The fourth-order valence-electron chi connectivity index (χ4n) is 2.27. The minimum absolute atomic E-state index is 0.279. The third kappa shape index (κ3) is 3.38. The number of fused-ring (bicyclic) bond motifs is 1. The van der Waals surface area contributed by atoms with Gasteiger partial charge in [-0.25, -0.2) is 9.79 Å². The lowest BCUT2D eigenvalue weighted by Crippen LogP contribution is -1.97. The van der Waals surface area contributed by atoms with Crippen molar-refractivity contribution in [1.82, 2.24) is 0 Å². The molecule has 120 valence electrons. The van der Waals surface area contributed by atoms with E-state index in [-0.39, 0.29) is 5.56 Å². The Hall–Kier alpha value is -2.86. The smallest absolute Gasteiger partial charge is 0.336 e. The molecule has 0 aromatic heterocycles. The maximum absolute atomic E-state index is 11.2. The van der Waals surface area contributed by atoms with E-state index in [4.69, 9.17) is 4.74 Å². The van der Waals surface area contributed by atoms with Crippen LogP contribution in [0.25, 0.3) is 10.8 Å². The number of aromatic carboxylic acids is 1. The van der Waals surface area contributed by atoms with E-state index in [1.54, 1.807) is 37.6 Å². The molecule has 0 amide bonds. The van der Waals surface area contributed by atoms with Gasteiger partial charge < -0.3 is 9.84 Å². The SMILES string of the molecule is CN=CN=C1C=CS/C1=C\Oc1ccc2c(C(=O)O)cccc2c1. The lowest BCUT2D eigenvalue weighted by molar-refractivity contribution is 0.0699. The van der Waals surface area contributed by atoms with Crippen molar-refractivity contribution < 1.29 is 14.6 Å². The Bertz CT molecular complexity index is 914. The number of hydrogen-bond donors (Lipinski definition) is 1. The maximum Gasteiger partial charge on any atom is 0.336 e. The molecule has 2 aromatic rings. The molecule has 0 bridgehead atoms. The molecule has 1 aliphatic rings. The van der Waals surface area contributed by atoms with Crippen molar-refractivity contribution in [2.45, 2.75) is 0 Å². The van der Waals surface area contributed by atoms with Crippen LogP contribution in [0, 0.1) is 0 Å². The Labute approximate surface area is 143 Å². The standard InChI is InChI=1S/C18H14N2O3S/c1-19-11-20-16-7-8-24-17(16)10-23-13-5-6-14-12(9-13)3-2-4-15(14)18(21)22/h2-11H,1H3,(H,21,22)/b17-10-,19-11?,20-16?. The average Bonchev–Trinajstić information content (AvgIpc) is 3.04. The molecule has 0 saturated heterocycles. The first-order valence-electron chi connectivity index (χ1n) is 7.14. The molecule has 1 N–H and O–H groups in total. The fourth-order valence-corrected chi connectivity index (χ4v) is 2.96. The molecule has 0 radical (unpaired) electrons. The number of ether oxygens (including phenoxy) is 1. The van der Waals surface area contributed by atoms with Crippen LogP contribution in [0.4, 0.5) is 0 Å². The maximum atomic E-state index is 11.2. The minimum atomic E-state index is -0.941. The molecule has 5 nitrogen and oxygen atoms in total. The van der Waals surface area contributed by atoms with E-state index in [2.05, 4.69) is 9.98 Å². The van der Waals surface area contributed by atoms with Crippen LogP contribution < -0.4 is 4.74 Å². The fraction of sp³-hybridized carbons (Fsp3) is 0.0556. The van der Waals surface area contributed by atoms with Crippen LogP contribution in [-0.4, -0.2) is 30.2 Å². The highest BCUT2D eigenvalue weighted by Crippen LogP contribution is 2.28. The highest BCUT2D eigenvalue weighted by Gasteiger charge is 2.11. The molecule has 0 fully saturated rings. The molecule has 24 heavy (non-hydrogen) atoms. The monoisotopic (exact) mass is 338 g/mol. The summed E-state index contributed by atoms with van der Waals surface area (Å²) >= 11 is 1.52. The van der Waals surface area contributed by atoms with E-state index >= 15 is 0 Å². The van der Waals surface area contributed by atoms with Gasteiger partial charge in [-0.05, 0) is 46.5 Å². The molecular weight excluding hydrogens is 324 g/mol. The van der Waals surface area contributed by atoms with Crippen molar-refractivity contribution in [3.63, 3.8) is 0 Å². The number of carboxylic acids is 1. The topological polar surface area (TPSA) is 71.2 Å². The largest absolute Gasteiger partial charge is 0.478 e. The number of aliphatic imine (C=N–C) groups is 2. The van der Waals surface area contributed by atoms with E-state index in [1.165, 1.54) is 18.1 Å². The second-order valence-corrected chi connectivity index (χ2v) is 5.85. The van der Waals surface area contributed by atoms with E-state index in [1.807, 2.05) is 23.6 Å². The second kappa shape index (κ2) is 7.14. The number of nitrogens with zero attached hydrogens (tertiary/aromatic N) is 2. The molecule has 0 spiro atoms. The molecule has 0 aliphatic carbocycles. The summed E-state index contributed by atoms with van der Waals surface area (Å²) in [6, 6.07) is 10.5. The van der Waals surface area contributed by atoms with Gasteiger partial charge in [0.25, 0.3) is 0 Å². The van der Waals surface area contributed by atoms with E-state index in [0.29, 0.717) is 11.1 Å². The second-order valence-electron chi connectivity index (χ2n) is 4.90. The number of rotatable bonds is 4. The van der Waals surface area contributed by atoms with Crippen LogP contribution in [-0.2, 0) is 0 Å². The summed E-state index contributed by atoms with van der Waals surface area (Å²) in [5.74, 6) is -0.309. The van der Waals surface area contributed by atoms with Crippen LogP contribution in [0.3, 0.4) is 0 Å². The van der Waals surface area contributed by atoms with Crippen LogP contribution >= 0.6 is 11.8 Å². The van der Waals surface area contributed by atoms with Crippen molar-refractivity contribution >= 4 is 40.6 Å². The predicted octanol–water partition coefficient (Wildman–Crippen LogP) is 4.12. The van der Waals surface area contributed by atoms with Crippen molar-refractivity contribution in [3.8, 4) is 5.75 Å². The van der Waals surface area contributed by atoms with Crippen molar-refractivity contribution in [3.05, 3.63) is 64.6 Å². The molecular formula is C18H14N2O3S. The Balaban J connectivity index is 1.86. The third-order valence-corrected chi connectivity index (χ3v) is 4.20. The first-order valence-corrected chi connectivity index (χ1v) is 8.02. The van der Waals surface area contributed by atoms with Crippen LogP contribution in [0.1, 0.15) is 10.4 Å². The minimum Gasteiger partial charge on any atom is -0.478 e. The van der Waals surface area contributed by atoms with E-state index in [9.17, 15) is 9.90 Å². The number of hydrogen-bond acceptors (Lipinski definition) is 4. The third-order valence-electron chi connectivity index (χ3n) is 3.37. The number of benzene rings is 2. The summed E-state index contributed by atoms with van der Waals surface area (Å²) in [6.45, 7) is 0. The van der Waals surface area contributed by atoms with Crippen LogP contribution in [0.5, 0.6) is 5.75 Å². The Morgan fingerprint density at radius 3 is 2.96 bits per heavy atom. The van der Waals surface area contributed by atoms with Gasteiger partial charge in [-0.2, -0.15) is 0 Å². The number of thioether (sulfide) groups is 1. The van der Waals surface area contributed by atoms with Gasteiger partial charge in [-0.15, -0.1) is 0 Å². The van der Waals surface area contributed by atoms with Crippen LogP contribution in [0.15, 0.2) is 69.0 Å². The molecule has 0 atom stereocenters. The van der Waals surface area contributed by atoms with Gasteiger partial charge in [0.1, 0.15) is 18.4 Å². The quantitative estimate of drug-likeness (QED) is 0.517. The zero-order valence-corrected chi connectivity index (χ0v) is 13.7. The Kier molecular flexibility index (Phi) is 4.77. The molecule has 6 heteroatoms. The molecule has 3 rings (SSSR count). The summed E-state index contributed by atoms with van der Waals surface area (Å²) < 4.78 is 5.71. The molecule has 1 aliphatic heterocycles. The van der Waals surface area contributed by atoms with Gasteiger partial charge >= 0.3 is 5.97 Å². The molecule has 0 saturated carbocycles. The molecule has 1 heterocycles. The van der Waals surface area contributed by atoms with Gasteiger partial charge in [-0.3, -0.25) is 4.99 Å². The first-order chi connectivity index (χ1) is 11.7.